The molecule has 3 aromatic rings. The molecule has 1 heterocycles. The van der Waals surface area contributed by atoms with E-state index in [1.54, 1.807) is 42.3 Å². The van der Waals surface area contributed by atoms with Gasteiger partial charge in [0.2, 0.25) is 0 Å². The van der Waals surface area contributed by atoms with E-state index in [2.05, 4.69) is 0 Å². The molecule has 1 amide bonds. The minimum absolute atomic E-state index is 0.212. The average Bonchev–Trinajstić information content (AvgIpc) is 2.76. The third-order valence-electron chi connectivity index (χ3n) is 5.52. The number of methoxy groups -OCH3 is 2. The van der Waals surface area contributed by atoms with Crippen molar-refractivity contribution >= 4 is 40.7 Å². The van der Waals surface area contributed by atoms with Gasteiger partial charge in [-0.15, -0.1) is 0 Å². The van der Waals surface area contributed by atoms with Crippen LogP contribution in [-0.4, -0.2) is 31.6 Å². The zero-order chi connectivity index (χ0) is 23.0. The van der Waals surface area contributed by atoms with Crippen molar-refractivity contribution in [2.75, 3.05) is 20.8 Å². The van der Waals surface area contributed by atoms with Gasteiger partial charge in [0.05, 0.1) is 20.3 Å². The number of ether oxygens (including phenoxy) is 2. The van der Waals surface area contributed by atoms with Gasteiger partial charge >= 0.3 is 0 Å². The molecule has 1 unspecified atom stereocenters. The van der Waals surface area contributed by atoms with E-state index >= 15 is 4.39 Å². The summed E-state index contributed by atoms with van der Waals surface area (Å²) in [7, 11) is 3.08. The number of amides is 1. The van der Waals surface area contributed by atoms with Gasteiger partial charge in [-0.25, -0.2) is 4.39 Å². The molecule has 0 spiro atoms. The minimum atomic E-state index is -0.780. The van der Waals surface area contributed by atoms with Crippen LogP contribution in [0.4, 0.5) is 4.39 Å². The first-order valence-corrected chi connectivity index (χ1v) is 10.9. The van der Waals surface area contributed by atoms with Gasteiger partial charge in [-0.3, -0.25) is 4.79 Å². The lowest BCUT2D eigenvalue weighted by atomic mass is 9.87. The molecule has 1 aliphatic rings. The molecule has 4 rings (SSSR count). The maximum absolute atomic E-state index is 15.1. The number of carbonyl (C=O) groups excluding carboxylic acids is 1. The standard InChI is InChI=1S/C24H19Cl3FNO3/c1-31-20-10-13-6-7-29(24(30)14-8-15(25)11-16(26)9-14)23(17(13)12-21(20)32-2)22-18(27)4-3-5-19(22)28/h3-5,8-12,23H,6-7H2,1-2H3. The van der Waals surface area contributed by atoms with Crippen LogP contribution < -0.4 is 9.47 Å². The van der Waals surface area contributed by atoms with Gasteiger partial charge in [0.1, 0.15) is 5.82 Å². The second kappa shape index (κ2) is 9.18. The van der Waals surface area contributed by atoms with Crippen molar-refractivity contribution in [3.63, 3.8) is 0 Å². The molecule has 0 N–H and O–H groups in total. The molecule has 166 valence electrons. The molecular formula is C24H19Cl3FNO3. The van der Waals surface area contributed by atoms with Crippen molar-refractivity contribution in [3.05, 3.63) is 91.7 Å². The molecule has 32 heavy (non-hydrogen) atoms. The summed E-state index contributed by atoms with van der Waals surface area (Å²) < 4.78 is 26.0. The number of rotatable bonds is 4. The lowest BCUT2D eigenvalue weighted by Gasteiger charge is -2.38. The van der Waals surface area contributed by atoms with Gasteiger partial charge in [-0.2, -0.15) is 0 Å². The number of hydrogen-bond donors (Lipinski definition) is 0. The predicted octanol–water partition coefficient (Wildman–Crippen LogP) is 6.59. The van der Waals surface area contributed by atoms with E-state index in [4.69, 9.17) is 44.3 Å². The fourth-order valence-electron chi connectivity index (χ4n) is 4.09. The molecule has 8 heteroatoms. The zero-order valence-electron chi connectivity index (χ0n) is 17.3. The minimum Gasteiger partial charge on any atom is -0.493 e. The number of carbonyl (C=O) groups is 1. The molecule has 4 nitrogen and oxygen atoms in total. The second-order valence-electron chi connectivity index (χ2n) is 7.35. The fourth-order valence-corrected chi connectivity index (χ4v) is 4.88. The van der Waals surface area contributed by atoms with Crippen molar-refractivity contribution < 1.29 is 18.7 Å². The molecule has 1 atom stereocenters. The summed E-state index contributed by atoms with van der Waals surface area (Å²) in [5.74, 6) is 0.195. The van der Waals surface area contributed by atoms with E-state index in [1.165, 1.54) is 19.2 Å². The van der Waals surface area contributed by atoms with Crippen LogP contribution >= 0.6 is 34.8 Å². The van der Waals surface area contributed by atoms with Gasteiger partial charge in [0.25, 0.3) is 5.91 Å². The van der Waals surface area contributed by atoms with E-state index < -0.39 is 11.9 Å². The summed E-state index contributed by atoms with van der Waals surface area (Å²) in [6, 6.07) is 11.9. The zero-order valence-corrected chi connectivity index (χ0v) is 19.6. The van der Waals surface area contributed by atoms with Crippen molar-refractivity contribution in [2.45, 2.75) is 12.5 Å². The first kappa shape index (κ1) is 22.7. The molecule has 0 aliphatic carbocycles. The Morgan fingerprint density at radius 3 is 2.28 bits per heavy atom. The number of fused-ring (bicyclic) bond motifs is 1. The van der Waals surface area contributed by atoms with Crippen molar-refractivity contribution in [3.8, 4) is 11.5 Å². The topological polar surface area (TPSA) is 38.8 Å². The Morgan fingerprint density at radius 2 is 1.66 bits per heavy atom. The lowest BCUT2D eigenvalue weighted by Crippen LogP contribution is -2.41. The smallest absolute Gasteiger partial charge is 0.254 e. The Hall–Kier alpha value is -2.47. The van der Waals surface area contributed by atoms with Crippen LogP contribution in [0.3, 0.4) is 0 Å². The first-order chi connectivity index (χ1) is 15.3. The third kappa shape index (κ3) is 4.13. The fraction of sp³-hybridized carbons (Fsp3) is 0.208. The highest BCUT2D eigenvalue weighted by Crippen LogP contribution is 2.44. The summed E-state index contributed by atoms with van der Waals surface area (Å²) in [4.78, 5) is 15.2. The van der Waals surface area contributed by atoms with Crippen LogP contribution in [0.25, 0.3) is 0 Å². The summed E-state index contributed by atoms with van der Waals surface area (Å²) in [6.07, 6.45) is 0.540. The number of benzene rings is 3. The van der Waals surface area contributed by atoms with Crippen molar-refractivity contribution in [2.24, 2.45) is 0 Å². The molecule has 3 aromatic carbocycles. The molecule has 1 aliphatic heterocycles. The molecule has 0 fully saturated rings. The molecule has 0 aromatic heterocycles. The summed E-state index contributed by atoms with van der Waals surface area (Å²) >= 11 is 18.7. The Balaban J connectivity index is 1.92. The van der Waals surface area contributed by atoms with Crippen molar-refractivity contribution in [1.82, 2.24) is 4.90 Å². The van der Waals surface area contributed by atoms with Gasteiger partial charge in [0, 0.05) is 32.7 Å². The van der Waals surface area contributed by atoms with Gasteiger partial charge in [-0.1, -0.05) is 40.9 Å². The van der Waals surface area contributed by atoms with Gasteiger partial charge < -0.3 is 14.4 Å². The highest BCUT2D eigenvalue weighted by atomic mass is 35.5. The molecular weight excluding hydrogens is 476 g/mol. The van der Waals surface area contributed by atoms with Crippen molar-refractivity contribution in [1.29, 1.82) is 0 Å². The highest BCUT2D eigenvalue weighted by molar-refractivity contribution is 6.35. The summed E-state index contributed by atoms with van der Waals surface area (Å²) in [5, 5.41) is 0.898. The van der Waals surface area contributed by atoms with Crippen LogP contribution in [0.1, 0.15) is 33.1 Å². The van der Waals surface area contributed by atoms with E-state index in [0.29, 0.717) is 45.6 Å². The Morgan fingerprint density at radius 1 is 1.00 bits per heavy atom. The summed E-state index contributed by atoms with van der Waals surface area (Å²) in [6.45, 7) is 0.334. The molecule has 0 radical (unpaired) electrons. The highest BCUT2D eigenvalue weighted by Gasteiger charge is 2.36. The largest absolute Gasteiger partial charge is 0.493 e. The molecule has 0 saturated carbocycles. The van der Waals surface area contributed by atoms with Crippen LogP contribution in [0.15, 0.2) is 48.5 Å². The quantitative estimate of drug-likeness (QED) is 0.411. The number of nitrogens with zero attached hydrogens (tertiary/aromatic N) is 1. The van der Waals surface area contributed by atoms with Gasteiger partial charge in [0.15, 0.2) is 11.5 Å². The molecule has 0 bridgehead atoms. The maximum atomic E-state index is 15.1. The Bertz CT molecular complexity index is 1160. The van der Waals surface area contributed by atoms with Crippen LogP contribution in [-0.2, 0) is 6.42 Å². The maximum Gasteiger partial charge on any atom is 0.254 e. The lowest BCUT2D eigenvalue weighted by molar-refractivity contribution is 0.0691. The number of halogens is 4. The Labute approximate surface area is 200 Å². The SMILES string of the molecule is COc1cc2c(cc1OC)C(c1c(F)cccc1Cl)N(C(=O)c1cc(Cl)cc(Cl)c1)CC2. The van der Waals surface area contributed by atoms with E-state index in [1.807, 2.05) is 6.07 Å². The van der Waals surface area contributed by atoms with Crippen LogP contribution in [0.5, 0.6) is 11.5 Å². The monoisotopic (exact) mass is 493 g/mol. The predicted molar refractivity (Wildman–Crippen MR) is 124 cm³/mol. The van der Waals surface area contributed by atoms with Crippen LogP contribution in [0, 0.1) is 5.82 Å². The molecule has 0 saturated heterocycles. The summed E-state index contributed by atoms with van der Waals surface area (Å²) in [5.41, 5.74) is 2.15. The normalized spacial score (nSPS) is 15.3. The van der Waals surface area contributed by atoms with Crippen LogP contribution in [0.2, 0.25) is 15.1 Å². The second-order valence-corrected chi connectivity index (χ2v) is 8.63. The van der Waals surface area contributed by atoms with E-state index in [9.17, 15) is 4.79 Å². The Kier molecular flexibility index (Phi) is 6.52. The third-order valence-corrected chi connectivity index (χ3v) is 6.28. The first-order valence-electron chi connectivity index (χ1n) is 9.79. The number of hydrogen-bond acceptors (Lipinski definition) is 3. The van der Waals surface area contributed by atoms with E-state index in [0.717, 1.165) is 5.56 Å². The average molecular weight is 495 g/mol. The van der Waals surface area contributed by atoms with E-state index in [-0.39, 0.29) is 16.5 Å². The van der Waals surface area contributed by atoms with Gasteiger partial charge in [-0.05, 0) is 60.0 Å².